The van der Waals surface area contributed by atoms with Gasteiger partial charge in [-0.2, -0.15) is 0 Å². The number of hydrogen-bond donors (Lipinski definition) is 1. The van der Waals surface area contributed by atoms with Gasteiger partial charge in [-0.25, -0.2) is 0 Å². The van der Waals surface area contributed by atoms with E-state index in [1.54, 1.807) is 13.3 Å². The van der Waals surface area contributed by atoms with Crippen molar-refractivity contribution in [3.63, 3.8) is 0 Å². The molecule has 1 heterocycles. The van der Waals surface area contributed by atoms with Crippen LogP contribution in [-0.2, 0) is 0 Å². The Morgan fingerprint density at radius 3 is 2.65 bits per heavy atom. The Kier molecular flexibility index (Phi) is 3.03. The number of aromatic amines is 1. The van der Waals surface area contributed by atoms with Crippen molar-refractivity contribution in [2.75, 3.05) is 7.11 Å². The zero-order valence-corrected chi connectivity index (χ0v) is 11.4. The average Bonchev–Trinajstić information content (AvgIpc) is 2.90. The van der Waals surface area contributed by atoms with Crippen LogP contribution in [0.1, 0.15) is 21.5 Å². The summed E-state index contributed by atoms with van der Waals surface area (Å²) in [5.74, 6) is 0.814. The minimum Gasteiger partial charge on any atom is -0.497 e. The molecule has 0 fully saturated rings. The molecule has 3 rings (SSSR count). The first-order valence-corrected chi connectivity index (χ1v) is 6.46. The number of carbonyl (C=O) groups is 1. The lowest BCUT2D eigenvalue weighted by atomic mass is 9.99. The maximum atomic E-state index is 12.6. The Morgan fingerprint density at radius 1 is 1.10 bits per heavy atom. The van der Waals surface area contributed by atoms with Gasteiger partial charge in [0.15, 0.2) is 5.78 Å². The second kappa shape index (κ2) is 4.85. The molecule has 0 bridgehead atoms. The quantitative estimate of drug-likeness (QED) is 0.733. The number of nitrogens with one attached hydrogen (secondary N) is 1. The largest absolute Gasteiger partial charge is 0.497 e. The summed E-state index contributed by atoms with van der Waals surface area (Å²) in [4.78, 5) is 15.8. The highest BCUT2D eigenvalue weighted by atomic mass is 16.5. The third kappa shape index (κ3) is 1.97. The van der Waals surface area contributed by atoms with E-state index in [0.29, 0.717) is 5.56 Å². The van der Waals surface area contributed by atoms with E-state index in [1.807, 2.05) is 49.4 Å². The SMILES string of the molecule is COc1ccc2c(C(=O)c3ccccc3C)c[nH]c2c1. The number of hydrogen-bond acceptors (Lipinski definition) is 2. The summed E-state index contributed by atoms with van der Waals surface area (Å²) in [6.45, 7) is 1.95. The van der Waals surface area contributed by atoms with E-state index in [1.165, 1.54) is 0 Å². The predicted molar refractivity (Wildman–Crippen MR) is 79.5 cm³/mol. The molecule has 3 aromatic rings. The standard InChI is InChI=1S/C17H15NO2/c1-11-5-3-4-6-13(11)17(19)15-10-18-16-9-12(20-2)7-8-14(15)16/h3-10,18H,1-2H3. The Morgan fingerprint density at radius 2 is 1.90 bits per heavy atom. The third-order valence-corrected chi connectivity index (χ3v) is 3.52. The van der Waals surface area contributed by atoms with E-state index in [2.05, 4.69) is 4.98 Å². The van der Waals surface area contributed by atoms with Gasteiger partial charge in [-0.1, -0.05) is 24.3 Å². The zero-order valence-electron chi connectivity index (χ0n) is 11.4. The lowest BCUT2D eigenvalue weighted by molar-refractivity contribution is 0.104. The van der Waals surface area contributed by atoms with Gasteiger partial charge >= 0.3 is 0 Å². The maximum absolute atomic E-state index is 12.6. The van der Waals surface area contributed by atoms with Gasteiger partial charge in [-0.3, -0.25) is 4.79 Å². The normalized spacial score (nSPS) is 10.7. The van der Waals surface area contributed by atoms with Crippen LogP contribution < -0.4 is 4.74 Å². The second-order valence-corrected chi connectivity index (χ2v) is 4.76. The summed E-state index contributed by atoms with van der Waals surface area (Å²) in [6, 6.07) is 13.3. The van der Waals surface area contributed by atoms with E-state index in [4.69, 9.17) is 4.74 Å². The molecule has 0 saturated heterocycles. The van der Waals surface area contributed by atoms with Crippen LogP contribution in [0.3, 0.4) is 0 Å². The number of ketones is 1. The fraction of sp³-hybridized carbons (Fsp3) is 0.118. The number of benzene rings is 2. The van der Waals surface area contributed by atoms with E-state index in [9.17, 15) is 4.79 Å². The molecule has 0 aliphatic heterocycles. The molecule has 1 aromatic heterocycles. The molecule has 20 heavy (non-hydrogen) atoms. The molecule has 100 valence electrons. The topological polar surface area (TPSA) is 42.1 Å². The number of carbonyl (C=O) groups excluding carboxylic acids is 1. The monoisotopic (exact) mass is 265 g/mol. The van der Waals surface area contributed by atoms with Crippen molar-refractivity contribution in [1.82, 2.24) is 4.98 Å². The Hall–Kier alpha value is -2.55. The van der Waals surface area contributed by atoms with Crippen molar-refractivity contribution in [1.29, 1.82) is 0 Å². The van der Waals surface area contributed by atoms with E-state index in [-0.39, 0.29) is 5.78 Å². The molecule has 0 radical (unpaired) electrons. The zero-order chi connectivity index (χ0) is 14.1. The first-order chi connectivity index (χ1) is 9.70. The summed E-state index contributed by atoms with van der Waals surface area (Å²) in [5.41, 5.74) is 3.32. The van der Waals surface area contributed by atoms with Gasteiger partial charge in [-0.15, -0.1) is 0 Å². The van der Waals surface area contributed by atoms with E-state index < -0.39 is 0 Å². The highest BCUT2D eigenvalue weighted by molar-refractivity contribution is 6.17. The molecule has 3 nitrogen and oxygen atoms in total. The number of aryl methyl sites for hydroxylation is 1. The van der Waals surface area contributed by atoms with Gasteiger partial charge in [0.2, 0.25) is 0 Å². The molecule has 0 saturated carbocycles. The fourth-order valence-corrected chi connectivity index (χ4v) is 2.39. The summed E-state index contributed by atoms with van der Waals surface area (Å²) in [7, 11) is 1.63. The number of methoxy groups -OCH3 is 1. The van der Waals surface area contributed by atoms with Crippen LogP contribution in [0, 0.1) is 6.92 Å². The molecule has 2 aromatic carbocycles. The summed E-state index contributed by atoms with van der Waals surface area (Å²) >= 11 is 0. The highest BCUT2D eigenvalue weighted by Crippen LogP contribution is 2.25. The first kappa shape index (κ1) is 12.5. The molecule has 0 atom stereocenters. The fourth-order valence-electron chi connectivity index (χ4n) is 2.39. The molecular weight excluding hydrogens is 250 g/mol. The predicted octanol–water partition coefficient (Wildman–Crippen LogP) is 3.72. The minimum atomic E-state index is 0.0412. The Balaban J connectivity index is 2.11. The van der Waals surface area contributed by atoms with Crippen molar-refractivity contribution >= 4 is 16.7 Å². The first-order valence-electron chi connectivity index (χ1n) is 6.46. The van der Waals surface area contributed by atoms with Crippen LogP contribution in [0.5, 0.6) is 5.75 Å². The number of H-pyrrole nitrogens is 1. The van der Waals surface area contributed by atoms with Gasteiger partial charge in [0, 0.05) is 34.3 Å². The Bertz CT molecular complexity index is 787. The minimum absolute atomic E-state index is 0.0412. The molecule has 1 N–H and O–H groups in total. The van der Waals surface area contributed by atoms with Crippen molar-refractivity contribution in [2.24, 2.45) is 0 Å². The van der Waals surface area contributed by atoms with Crippen molar-refractivity contribution in [2.45, 2.75) is 6.92 Å². The molecule has 0 spiro atoms. The molecule has 0 unspecified atom stereocenters. The lowest BCUT2D eigenvalue weighted by Crippen LogP contribution is -2.02. The summed E-state index contributed by atoms with van der Waals surface area (Å²) < 4.78 is 5.19. The van der Waals surface area contributed by atoms with Gasteiger partial charge in [-0.05, 0) is 24.6 Å². The maximum Gasteiger partial charge on any atom is 0.195 e. The lowest BCUT2D eigenvalue weighted by Gasteiger charge is -2.04. The van der Waals surface area contributed by atoms with Gasteiger partial charge in [0.05, 0.1) is 7.11 Å². The second-order valence-electron chi connectivity index (χ2n) is 4.76. The molecule has 0 aliphatic rings. The van der Waals surface area contributed by atoms with Crippen molar-refractivity contribution in [3.8, 4) is 5.75 Å². The number of aromatic nitrogens is 1. The number of rotatable bonds is 3. The average molecular weight is 265 g/mol. The van der Waals surface area contributed by atoms with Gasteiger partial charge in [0.25, 0.3) is 0 Å². The summed E-state index contributed by atoms with van der Waals surface area (Å²) in [6.07, 6.45) is 1.76. The van der Waals surface area contributed by atoms with Crippen LogP contribution in [0.15, 0.2) is 48.7 Å². The highest BCUT2D eigenvalue weighted by Gasteiger charge is 2.15. The molecular formula is C17H15NO2. The van der Waals surface area contributed by atoms with E-state index >= 15 is 0 Å². The molecule has 0 amide bonds. The third-order valence-electron chi connectivity index (χ3n) is 3.52. The van der Waals surface area contributed by atoms with Crippen molar-refractivity contribution < 1.29 is 9.53 Å². The van der Waals surface area contributed by atoms with Gasteiger partial charge in [0.1, 0.15) is 5.75 Å². The number of fused-ring (bicyclic) bond motifs is 1. The van der Waals surface area contributed by atoms with Crippen LogP contribution >= 0.6 is 0 Å². The van der Waals surface area contributed by atoms with E-state index in [0.717, 1.165) is 27.8 Å². The van der Waals surface area contributed by atoms with Gasteiger partial charge < -0.3 is 9.72 Å². The van der Waals surface area contributed by atoms with Crippen LogP contribution in [0.2, 0.25) is 0 Å². The van der Waals surface area contributed by atoms with Crippen LogP contribution in [0.25, 0.3) is 10.9 Å². The molecule has 3 heteroatoms. The van der Waals surface area contributed by atoms with Crippen LogP contribution in [0.4, 0.5) is 0 Å². The van der Waals surface area contributed by atoms with Crippen LogP contribution in [-0.4, -0.2) is 17.9 Å². The smallest absolute Gasteiger partial charge is 0.195 e. The Labute approximate surface area is 117 Å². The number of ether oxygens (including phenoxy) is 1. The molecule has 0 aliphatic carbocycles. The summed E-state index contributed by atoms with van der Waals surface area (Å²) in [5, 5.41) is 0.916. The van der Waals surface area contributed by atoms with Crippen molar-refractivity contribution in [3.05, 3.63) is 65.4 Å².